The van der Waals surface area contributed by atoms with E-state index in [4.69, 9.17) is 9.47 Å². The van der Waals surface area contributed by atoms with E-state index in [-0.39, 0.29) is 17.7 Å². The lowest BCUT2D eigenvalue weighted by Gasteiger charge is -2.21. The first-order chi connectivity index (χ1) is 14.0. The van der Waals surface area contributed by atoms with E-state index in [1.165, 1.54) is 11.9 Å². The smallest absolute Gasteiger partial charge is 0.240 e. The number of hydrogen-bond acceptors (Lipinski definition) is 5. The van der Waals surface area contributed by atoms with Crippen LogP contribution in [0.5, 0.6) is 17.2 Å². The van der Waals surface area contributed by atoms with Gasteiger partial charge in [-0.15, -0.1) is 0 Å². The Morgan fingerprint density at radius 3 is 2.55 bits per heavy atom. The van der Waals surface area contributed by atoms with Crippen molar-refractivity contribution in [3.8, 4) is 17.2 Å². The number of benzene rings is 3. The molecule has 0 unspecified atom stereocenters. The van der Waals surface area contributed by atoms with Crippen LogP contribution in [-0.4, -0.2) is 36.0 Å². The molecule has 0 saturated carbocycles. The number of phenols is 1. The Hall–Kier alpha value is -3.54. The molecule has 0 radical (unpaired) electrons. The third-order valence-corrected chi connectivity index (χ3v) is 5.22. The summed E-state index contributed by atoms with van der Waals surface area (Å²) in [7, 11) is 3.16. The average molecular weight is 390 g/mol. The lowest BCUT2D eigenvalue weighted by molar-refractivity contribution is -0.130. The topological polar surface area (TPSA) is 71.4 Å². The number of hydrazone groups is 1. The van der Waals surface area contributed by atoms with Crippen LogP contribution in [0.15, 0.2) is 59.7 Å². The zero-order chi connectivity index (χ0) is 20.5. The van der Waals surface area contributed by atoms with Crippen molar-refractivity contribution in [1.29, 1.82) is 0 Å². The minimum absolute atomic E-state index is 0.152. The molecule has 0 saturated heterocycles. The summed E-state index contributed by atoms with van der Waals surface area (Å²) < 4.78 is 10.7. The van der Waals surface area contributed by atoms with E-state index in [9.17, 15) is 9.90 Å². The molecule has 4 rings (SSSR count). The summed E-state index contributed by atoms with van der Waals surface area (Å²) in [5.41, 5.74) is 2.22. The summed E-state index contributed by atoms with van der Waals surface area (Å²) in [6, 6.07) is 16.7. The molecule has 6 nitrogen and oxygen atoms in total. The quantitative estimate of drug-likeness (QED) is 0.723. The van der Waals surface area contributed by atoms with E-state index in [0.717, 1.165) is 16.3 Å². The van der Waals surface area contributed by atoms with E-state index >= 15 is 0 Å². The number of carbonyl (C=O) groups excluding carboxylic acids is 1. The molecule has 0 fully saturated rings. The standard InChI is InChI=1S/C23H22N2O4/c1-14(26)25-19(16-9-11-21(28-2)22(12-16)29-3)13-18(24-25)23-17-7-5-4-6-15(17)8-10-20(23)27/h4-12,19,27H,13H2,1-3H3/t19-/m1/s1. The molecule has 1 aliphatic heterocycles. The highest BCUT2D eigenvalue weighted by atomic mass is 16.5. The van der Waals surface area contributed by atoms with Crippen LogP contribution in [0, 0.1) is 0 Å². The molecule has 29 heavy (non-hydrogen) atoms. The van der Waals surface area contributed by atoms with Crippen molar-refractivity contribution in [3.05, 3.63) is 65.7 Å². The molecule has 1 heterocycles. The maximum atomic E-state index is 12.3. The third kappa shape index (κ3) is 3.27. The van der Waals surface area contributed by atoms with Crippen molar-refractivity contribution in [2.24, 2.45) is 5.10 Å². The van der Waals surface area contributed by atoms with Gasteiger partial charge >= 0.3 is 0 Å². The fraction of sp³-hybridized carbons (Fsp3) is 0.217. The first kappa shape index (κ1) is 18.8. The summed E-state index contributed by atoms with van der Waals surface area (Å²) in [5.74, 6) is 1.20. The zero-order valence-corrected chi connectivity index (χ0v) is 16.5. The number of fused-ring (bicyclic) bond motifs is 1. The maximum absolute atomic E-state index is 12.3. The number of nitrogens with zero attached hydrogens (tertiary/aromatic N) is 2. The SMILES string of the molecule is COc1ccc([C@H]2CC(c3c(O)ccc4ccccc34)=NN2C(C)=O)cc1OC. The molecule has 0 spiro atoms. The summed E-state index contributed by atoms with van der Waals surface area (Å²) in [5, 5.41) is 18.6. The first-order valence-electron chi connectivity index (χ1n) is 9.33. The number of hydrogen-bond donors (Lipinski definition) is 1. The van der Waals surface area contributed by atoms with Crippen molar-refractivity contribution in [2.45, 2.75) is 19.4 Å². The van der Waals surface area contributed by atoms with E-state index in [1.54, 1.807) is 20.3 Å². The molecule has 0 aromatic heterocycles. The molecule has 1 N–H and O–H groups in total. The monoisotopic (exact) mass is 390 g/mol. The zero-order valence-electron chi connectivity index (χ0n) is 16.5. The van der Waals surface area contributed by atoms with E-state index < -0.39 is 0 Å². The Bertz CT molecular complexity index is 1120. The number of amides is 1. The molecule has 6 heteroatoms. The van der Waals surface area contributed by atoms with Crippen LogP contribution in [0.25, 0.3) is 10.8 Å². The van der Waals surface area contributed by atoms with E-state index in [1.807, 2.05) is 48.5 Å². The Morgan fingerprint density at radius 1 is 1.07 bits per heavy atom. The maximum Gasteiger partial charge on any atom is 0.240 e. The van der Waals surface area contributed by atoms with Gasteiger partial charge in [0.25, 0.3) is 0 Å². The highest BCUT2D eigenvalue weighted by Crippen LogP contribution is 2.39. The number of methoxy groups -OCH3 is 2. The molecule has 1 atom stereocenters. The molecule has 3 aromatic rings. The molecular weight excluding hydrogens is 368 g/mol. The van der Waals surface area contributed by atoms with E-state index in [2.05, 4.69) is 5.10 Å². The minimum Gasteiger partial charge on any atom is -0.507 e. The number of ether oxygens (including phenoxy) is 2. The molecule has 0 bridgehead atoms. The molecule has 1 amide bonds. The van der Waals surface area contributed by atoms with E-state index in [0.29, 0.717) is 29.2 Å². The van der Waals surface area contributed by atoms with Crippen LogP contribution in [0.2, 0.25) is 0 Å². The Labute approximate surface area is 169 Å². The van der Waals surface area contributed by atoms with Gasteiger partial charge in [-0.3, -0.25) is 4.79 Å². The fourth-order valence-electron chi connectivity index (χ4n) is 3.83. The third-order valence-electron chi connectivity index (χ3n) is 5.22. The van der Waals surface area contributed by atoms with Crippen LogP contribution in [0.3, 0.4) is 0 Å². The Kier molecular flexibility index (Phi) is 4.84. The van der Waals surface area contributed by atoms with Crippen LogP contribution >= 0.6 is 0 Å². The number of phenolic OH excluding ortho intramolecular Hbond substituents is 1. The highest BCUT2D eigenvalue weighted by molar-refractivity contribution is 6.14. The van der Waals surface area contributed by atoms with Crippen LogP contribution in [0.4, 0.5) is 0 Å². The second-order valence-corrected chi connectivity index (χ2v) is 6.93. The summed E-state index contributed by atoms with van der Waals surface area (Å²) in [4.78, 5) is 12.3. The van der Waals surface area contributed by atoms with Gasteiger partial charge in [-0.05, 0) is 34.5 Å². The molecule has 0 aliphatic carbocycles. The van der Waals surface area contributed by atoms with Crippen LogP contribution < -0.4 is 9.47 Å². The summed E-state index contributed by atoms with van der Waals surface area (Å²) in [6.07, 6.45) is 0.483. The molecule has 148 valence electrons. The summed E-state index contributed by atoms with van der Waals surface area (Å²) in [6.45, 7) is 1.49. The number of rotatable bonds is 4. The predicted octanol–water partition coefficient (Wildman–Crippen LogP) is 4.26. The Balaban J connectivity index is 1.79. The molecule has 1 aliphatic rings. The van der Waals surface area contributed by atoms with Crippen LogP contribution in [-0.2, 0) is 4.79 Å². The van der Waals surface area contributed by atoms with Crippen molar-refractivity contribution >= 4 is 22.4 Å². The van der Waals surface area contributed by atoms with Gasteiger partial charge in [-0.25, -0.2) is 5.01 Å². The van der Waals surface area contributed by atoms with Crippen molar-refractivity contribution < 1.29 is 19.4 Å². The number of carbonyl (C=O) groups is 1. The normalized spacial score (nSPS) is 16.0. The van der Waals surface area contributed by atoms with Gasteiger partial charge in [0, 0.05) is 18.9 Å². The van der Waals surface area contributed by atoms with Crippen molar-refractivity contribution in [3.63, 3.8) is 0 Å². The highest BCUT2D eigenvalue weighted by Gasteiger charge is 2.33. The number of aromatic hydroxyl groups is 1. The average Bonchev–Trinajstić information content (AvgIpc) is 3.18. The van der Waals surface area contributed by atoms with Gasteiger partial charge in [0.05, 0.1) is 26.0 Å². The second kappa shape index (κ2) is 7.47. The van der Waals surface area contributed by atoms with Crippen molar-refractivity contribution in [1.82, 2.24) is 5.01 Å². The second-order valence-electron chi connectivity index (χ2n) is 6.93. The fourth-order valence-corrected chi connectivity index (χ4v) is 3.83. The van der Waals surface area contributed by atoms with Gasteiger partial charge in [0.15, 0.2) is 11.5 Å². The predicted molar refractivity (Wildman–Crippen MR) is 112 cm³/mol. The summed E-state index contributed by atoms with van der Waals surface area (Å²) >= 11 is 0. The van der Waals surface area contributed by atoms with Crippen molar-refractivity contribution in [2.75, 3.05) is 14.2 Å². The first-order valence-corrected chi connectivity index (χ1v) is 9.33. The minimum atomic E-state index is -0.291. The molecule has 3 aromatic carbocycles. The lowest BCUT2D eigenvalue weighted by atomic mass is 9.94. The largest absolute Gasteiger partial charge is 0.507 e. The lowest BCUT2D eigenvalue weighted by Crippen LogP contribution is -2.24. The van der Waals surface area contributed by atoms with Gasteiger partial charge < -0.3 is 14.6 Å². The van der Waals surface area contributed by atoms with Gasteiger partial charge in [0.1, 0.15) is 5.75 Å². The Morgan fingerprint density at radius 2 is 1.83 bits per heavy atom. The molecular formula is C23H22N2O4. The van der Waals surface area contributed by atoms with Crippen LogP contribution in [0.1, 0.15) is 30.5 Å². The van der Waals surface area contributed by atoms with Gasteiger partial charge in [0.2, 0.25) is 5.91 Å². The van der Waals surface area contributed by atoms with Gasteiger partial charge in [-0.2, -0.15) is 5.10 Å². The van der Waals surface area contributed by atoms with Gasteiger partial charge in [-0.1, -0.05) is 36.4 Å².